The van der Waals surface area contributed by atoms with Crippen molar-refractivity contribution in [1.82, 2.24) is 0 Å². The van der Waals surface area contributed by atoms with Crippen molar-refractivity contribution in [3.05, 3.63) is 64.7 Å². The van der Waals surface area contributed by atoms with E-state index in [1.807, 2.05) is 18.2 Å². The summed E-state index contributed by atoms with van der Waals surface area (Å²) in [7, 11) is 0. The van der Waals surface area contributed by atoms with Crippen molar-refractivity contribution in [2.75, 3.05) is 6.61 Å². The van der Waals surface area contributed by atoms with Crippen molar-refractivity contribution < 1.29 is 9.84 Å². The van der Waals surface area contributed by atoms with Crippen molar-refractivity contribution in [3.63, 3.8) is 0 Å². The zero-order chi connectivity index (χ0) is 14.3. The summed E-state index contributed by atoms with van der Waals surface area (Å²) in [5.74, 6) is 0.976. The molecule has 0 bridgehead atoms. The quantitative estimate of drug-likeness (QED) is 0.809. The maximum absolute atomic E-state index is 11.5. The molecule has 0 fully saturated rings. The van der Waals surface area contributed by atoms with Crippen molar-refractivity contribution in [3.8, 4) is 5.75 Å². The van der Waals surface area contributed by atoms with Gasteiger partial charge >= 0.3 is 0 Å². The molecule has 1 N–H and O–H groups in total. The van der Waals surface area contributed by atoms with Crippen LogP contribution < -0.4 is 4.74 Å². The maximum Gasteiger partial charge on any atom is 0.122 e. The summed E-state index contributed by atoms with van der Waals surface area (Å²) in [6.45, 7) is 0.758. The largest absolute Gasteiger partial charge is 0.493 e. The van der Waals surface area contributed by atoms with E-state index in [9.17, 15) is 5.11 Å². The molecule has 0 radical (unpaired) electrons. The summed E-state index contributed by atoms with van der Waals surface area (Å²) >= 11 is 0. The van der Waals surface area contributed by atoms with Crippen molar-refractivity contribution >= 4 is 0 Å². The van der Waals surface area contributed by atoms with Crippen LogP contribution in [0, 0.1) is 0 Å². The van der Waals surface area contributed by atoms with Gasteiger partial charge in [0, 0.05) is 6.42 Å². The van der Waals surface area contributed by atoms with Crippen molar-refractivity contribution in [1.29, 1.82) is 0 Å². The Morgan fingerprint density at radius 1 is 0.952 bits per heavy atom. The molecular formula is C19H20O2. The molecule has 4 rings (SSSR count). The van der Waals surface area contributed by atoms with Crippen LogP contribution in [0.1, 0.15) is 41.5 Å². The zero-order valence-electron chi connectivity index (χ0n) is 12.1. The van der Waals surface area contributed by atoms with Gasteiger partial charge in [-0.05, 0) is 60.1 Å². The Morgan fingerprint density at radius 3 is 2.81 bits per heavy atom. The molecule has 1 aliphatic carbocycles. The van der Waals surface area contributed by atoms with E-state index < -0.39 is 5.60 Å². The fourth-order valence-electron chi connectivity index (χ4n) is 3.72. The summed E-state index contributed by atoms with van der Waals surface area (Å²) in [6.07, 6.45) is 5.00. The van der Waals surface area contributed by atoms with E-state index in [0.717, 1.165) is 55.6 Å². The number of hydrogen-bond acceptors (Lipinski definition) is 2. The van der Waals surface area contributed by atoms with Gasteiger partial charge in [0.2, 0.25) is 0 Å². The van der Waals surface area contributed by atoms with E-state index in [1.54, 1.807) is 0 Å². The van der Waals surface area contributed by atoms with Crippen LogP contribution in [0.4, 0.5) is 0 Å². The van der Waals surface area contributed by atoms with E-state index in [-0.39, 0.29) is 0 Å². The van der Waals surface area contributed by atoms with E-state index in [1.165, 1.54) is 11.1 Å². The SMILES string of the molecule is OC1(c2ccc3c(c2)CCO3)CCCCc2ccccc21. The highest BCUT2D eigenvalue weighted by atomic mass is 16.5. The first kappa shape index (κ1) is 12.9. The number of hydrogen-bond donors (Lipinski definition) is 1. The number of aliphatic hydroxyl groups is 1. The number of benzene rings is 2. The third-order valence-corrected chi connectivity index (χ3v) is 4.86. The van der Waals surface area contributed by atoms with Crippen LogP contribution in [0.25, 0.3) is 0 Å². The summed E-state index contributed by atoms with van der Waals surface area (Å²) in [5.41, 5.74) is 3.75. The normalized spacial score (nSPS) is 23.9. The van der Waals surface area contributed by atoms with Crippen LogP contribution in [0.3, 0.4) is 0 Å². The number of rotatable bonds is 1. The average molecular weight is 280 g/mol. The number of aryl methyl sites for hydroxylation is 1. The zero-order valence-corrected chi connectivity index (χ0v) is 12.1. The smallest absolute Gasteiger partial charge is 0.122 e. The molecule has 2 aromatic carbocycles. The Labute approximate surface area is 125 Å². The molecule has 2 aromatic rings. The third-order valence-electron chi connectivity index (χ3n) is 4.86. The van der Waals surface area contributed by atoms with E-state index in [2.05, 4.69) is 24.3 Å². The summed E-state index contributed by atoms with van der Waals surface area (Å²) in [5, 5.41) is 11.5. The number of ether oxygens (including phenoxy) is 1. The monoisotopic (exact) mass is 280 g/mol. The first-order chi connectivity index (χ1) is 10.3. The minimum absolute atomic E-state index is 0.758. The summed E-state index contributed by atoms with van der Waals surface area (Å²) in [4.78, 5) is 0. The first-order valence-electron chi connectivity index (χ1n) is 7.84. The molecule has 0 aromatic heterocycles. The van der Waals surface area contributed by atoms with Gasteiger partial charge < -0.3 is 9.84 Å². The highest BCUT2D eigenvalue weighted by molar-refractivity contribution is 5.47. The lowest BCUT2D eigenvalue weighted by Crippen LogP contribution is -2.27. The standard InChI is InChI=1S/C19H20O2/c20-19(16-8-9-18-15(13-16)10-12-21-18)11-4-3-6-14-5-1-2-7-17(14)19/h1-2,5,7-9,13,20H,3-4,6,10-12H2. The molecule has 2 heteroatoms. The van der Waals surface area contributed by atoms with Crippen LogP contribution >= 0.6 is 0 Å². The first-order valence-corrected chi connectivity index (χ1v) is 7.84. The van der Waals surface area contributed by atoms with Gasteiger partial charge in [-0.2, -0.15) is 0 Å². The maximum atomic E-state index is 11.5. The molecule has 1 atom stereocenters. The highest BCUT2D eigenvalue weighted by Gasteiger charge is 2.35. The van der Waals surface area contributed by atoms with Crippen LogP contribution in [-0.2, 0) is 18.4 Å². The Morgan fingerprint density at radius 2 is 1.86 bits per heavy atom. The Hall–Kier alpha value is -1.80. The average Bonchev–Trinajstić information content (AvgIpc) is 2.92. The lowest BCUT2D eigenvalue weighted by Gasteiger charge is -2.30. The highest BCUT2D eigenvalue weighted by Crippen LogP contribution is 2.41. The molecule has 21 heavy (non-hydrogen) atoms. The predicted molar refractivity (Wildman–Crippen MR) is 82.6 cm³/mol. The summed E-state index contributed by atoms with van der Waals surface area (Å²) in [6, 6.07) is 14.5. The van der Waals surface area contributed by atoms with Crippen molar-refractivity contribution in [2.24, 2.45) is 0 Å². The van der Waals surface area contributed by atoms with Crippen LogP contribution in [0.15, 0.2) is 42.5 Å². The van der Waals surface area contributed by atoms with Crippen LogP contribution in [0.2, 0.25) is 0 Å². The minimum Gasteiger partial charge on any atom is -0.493 e. The second-order valence-corrected chi connectivity index (χ2v) is 6.15. The van der Waals surface area contributed by atoms with Gasteiger partial charge in [0.15, 0.2) is 0 Å². The Balaban J connectivity index is 1.86. The van der Waals surface area contributed by atoms with Crippen LogP contribution in [-0.4, -0.2) is 11.7 Å². The molecule has 1 unspecified atom stereocenters. The fraction of sp³-hybridized carbons (Fsp3) is 0.368. The Bertz CT molecular complexity index is 677. The second kappa shape index (κ2) is 4.88. The van der Waals surface area contributed by atoms with E-state index in [0.29, 0.717) is 0 Å². The molecule has 1 aliphatic heterocycles. The molecule has 0 spiro atoms. The van der Waals surface area contributed by atoms with Gasteiger partial charge in [-0.3, -0.25) is 0 Å². The van der Waals surface area contributed by atoms with E-state index in [4.69, 9.17) is 4.74 Å². The number of fused-ring (bicyclic) bond motifs is 2. The molecule has 108 valence electrons. The summed E-state index contributed by atoms with van der Waals surface area (Å²) < 4.78 is 5.59. The molecule has 0 saturated carbocycles. The van der Waals surface area contributed by atoms with Gasteiger partial charge in [0.1, 0.15) is 11.4 Å². The van der Waals surface area contributed by atoms with E-state index >= 15 is 0 Å². The van der Waals surface area contributed by atoms with Gasteiger partial charge in [-0.15, -0.1) is 0 Å². The third kappa shape index (κ3) is 2.06. The van der Waals surface area contributed by atoms with Crippen molar-refractivity contribution in [2.45, 2.75) is 37.7 Å². The molecular weight excluding hydrogens is 260 g/mol. The lowest BCUT2D eigenvalue weighted by atomic mass is 9.81. The van der Waals surface area contributed by atoms with Gasteiger partial charge in [-0.1, -0.05) is 30.3 Å². The fourth-order valence-corrected chi connectivity index (χ4v) is 3.72. The van der Waals surface area contributed by atoms with Gasteiger partial charge in [0.25, 0.3) is 0 Å². The Kier molecular flexibility index (Phi) is 3.00. The topological polar surface area (TPSA) is 29.5 Å². The molecule has 1 heterocycles. The molecule has 2 nitrogen and oxygen atoms in total. The molecule has 0 amide bonds. The second-order valence-electron chi connectivity index (χ2n) is 6.15. The molecule has 2 aliphatic rings. The van der Waals surface area contributed by atoms with Crippen LogP contribution in [0.5, 0.6) is 5.75 Å². The lowest BCUT2D eigenvalue weighted by molar-refractivity contribution is 0.0704. The van der Waals surface area contributed by atoms with Gasteiger partial charge in [0.05, 0.1) is 6.61 Å². The minimum atomic E-state index is -0.856. The predicted octanol–water partition coefficient (Wildman–Crippen LogP) is 3.58. The van der Waals surface area contributed by atoms with Gasteiger partial charge in [-0.25, -0.2) is 0 Å². The molecule has 0 saturated heterocycles.